The lowest BCUT2D eigenvalue weighted by atomic mass is 10.2. The molecule has 1 aromatic rings. The Morgan fingerprint density at radius 2 is 2.17 bits per heavy atom. The summed E-state index contributed by atoms with van der Waals surface area (Å²) in [6.07, 6.45) is 2.62. The van der Waals surface area contributed by atoms with Gasteiger partial charge in [0.2, 0.25) is 5.88 Å². The molecule has 4 heteroatoms. The van der Waals surface area contributed by atoms with Crippen LogP contribution in [0.1, 0.15) is 31.0 Å². The van der Waals surface area contributed by atoms with Gasteiger partial charge in [-0.25, -0.2) is 4.98 Å². The molecule has 0 spiro atoms. The minimum absolute atomic E-state index is 0.556. The first-order valence-corrected chi connectivity index (χ1v) is 6.70. The molecule has 0 radical (unpaired) electrons. The Balaban J connectivity index is 1.79. The van der Waals surface area contributed by atoms with E-state index < -0.39 is 0 Å². The monoisotopic (exact) mass is 250 g/mol. The van der Waals surface area contributed by atoms with E-state index in [9.17, 15) is 0 Å². The van der Waals surface area contributed by atoms with E-state index in [0.717, 1.165) is 24.9 Å². The predicted molar refractivity (Wildman–Crippen MR) is 70.8 cm³/mol. The molecule has 1 aromatic heterocycles. The Hall–Kier alpha value is -1.13. The van der Waals surface area contributed by atoms with Crippen LogP contribution in [0.25, 0.3) is 0 Å². The SMILES string of the molecule is CCOCCOc1ccc(CNC2CC2)c(C)n1. The number of aryl methyl sites for hydroxylation is 1. The van der Waals surface area contributed by atoms with Crippen LogP contribution in [0, 0.1) is 6.92 Å². The third kappa shape index (κ3) is 4.27. The number of hydrogen-bond donors (Lipinski definition) is 1. The van der Waals surface area contributed by atoms with Crippen molar-refractivity contribution in [3.05, 3.63) is 23.4 Å². The van der Waals surface area contributed by atoms with Gasteiger partial charge in [0, 0.05) is 31.0 Å². The van der Waals surface area contributed by atoms with Crippen molar-refractivity contribution in [3.8, 4) is 5.88 Å². The van der Waals surface area contributed by atoms with Crippen molar-refractivity contribution in [2.24, 2.45) is 0 Å². The zero-order valence-corrected chi connectivity index (χ0v) is 11.2. The summed E-state index contributed by atoms with van der Waals surface area (Å²) in [5.41, 5.74) is 2.29. The maximum Gasteiger partial charge on any atom is 0.213 e. The minimum Gasteiger partial charge on any atom is -0.475 e. The number of rotatable bonds is 8. The fourth-order valence-electron chi connectivity index (χ4n) is 1.73. The van der Waals surface area contributed by atoms with Gasteiger partial charge in [-0.15, -0.1) is 0 Å². The van der Waals surface area contributed by atoms with Gasteiger partial charge in [-0.2, -0.15) is 0 Å². The largest absolute Gasteiger partial charge is 0.475 e. The van der Waals surface area contributed by atoms with E-state index in [1.54, 1.807) is 0 Å². The van der Waals surface area contributed by atoms with Crippen molar-refractivity contribution < 1.29 is 9.47 Å². The van der Waals surface area contributed by atoms with Gasteiger partial charge in [0.05, 0.1) is 6.61 Å². The molecular formula is C14H22N2O2. The van der Waals surface area contributed by atoms with E-state index in [4.69, 9.17) is 9.47 Å². The molecule has 0 amide bonds. The van der Waals surface area contributed by atoms with Gasteiger partial charge in [0.15, 0.2) is 0 Å². The van der Waals surface area contributed by atoms with E-state index >= 15 is 0 Å². The molecule has 1 N–H and O–H groups in total. The molecule has 2 rings (SSSR count). The average molecular weight is 250 g/mol. The fourth-order valence-corrected chi connectivity index (χ4v) is 1.73. The highest BCUT2D eigenvalue weighted by Gasteiger charge is 2.20. The molecule has 1 saturated carbocycles. The quantitative estimate of drug-likeness (QED) is 0.717. The van der Waals surface area contributed by atoms with Crippen LogP contribution in [0.3, 0.4) is 0 Å². The summed E-state index contributed by atoms with van der Waals surface area (Å²) < 4.78 is 10.7. The lowest BCUT2D eigenvalue weighted by Crippen LogP contribution is -2.16. The summed E-state index contributed by atoms with van der Waals surface area (Å²) in [7, 11) is 0. The topological polar surface area (TPSA) is 43.4 Å². The third-order valence-electron chi connectivity index (χ3n) is 3.01. The Labute approximate surface area is 109 Å². The van der Waals surface area contributed by atoms with Crippen LogP contribution < -0.4 is 10.1 Å². The van der Waals surface area contributed by atoms with Gasteiger partial charge in [-0.1, -0.05) is 6.07 Å². The molecule has 0 atom stereocenters. The van der Waals surface area contributed by atoms with Crippen LogP contribution in [0.2, 0.25) is 0 Å². The van der Waals surface area contributed by atoms with Crippen LogP contribution in [-0.4, -0.2) is 30.8 Å². The average Bonchev–Trinajstić information content (AvgIpc) is 3.18. The van der Waals surface area contributed by atoms with Gasteiger partial charge in [-0.3, -0.25) is 0 Å². The maximum atomic E-state index is 5.53. The van der Waals surface area contributed by atoms with Gasteiger partial charge in [-0.05, 0) is 32.3 Å². The first-order chi connectivity index (χ1) is 8.79. The van der Waals surface area contributed by atoms with Crippen LogP contribution in [0.15, 0.2) is 12.1 Å². The highest BCUT2D eigenvalue weighted by molar-refractivity contribution is 5.25. The molecule has 100 valence electrons. The molecule has 18 heavy (non-hydrogen) atoms. The number of nitrogens with zero attached hydrogens (tertiary/aromatic N) is 1. The Kier molecular flexibility index (Phi) is 4.96. The van der Waals surface area contributed by atoms with Crippen LogP contribution >= 0.6 is 0 Å². The second kappa shape index (κ2) is 6.71. The van der Waals surface area contributed by atoms with Gasteiger partial charge < -0.3 is 14.8 Å². The molecule has 4 nitrogen and oxygen atoms in total. The zero-order valence-electron chi connectivity index (χ0n) is 11.2. The predicted octanol–water partition coefficient (Wildman–Crippen LogP) is 2.06. The standard InChI is InChI=1S/C14H22N2O2/c1-3-17-8-9-18-14-7-4-12(11(2)16-14)10-15-13-5-6-13/h4,7,13,15H,3,5-6,8-10H2,1-2H3. The minimum atomic E-state index is 0.556. The Morgan fingerprint density at radius 3 is 2.83 bits per heavy atom. The second-order valence-electron chi connectivity index (χ2n) is 4.59. The summed E-state index contributed by atoms with van der Waals surface area (Å²) in [6, 6.07) is 4.75. The zero-order chi connectivity index (χ0) is 12.8. The number of aromatic nitrogens is 1. The number of pyridine rings is 1. The van der Waals surface area contributed by atoms with E-state index in [0.29, 0.717) is 19.1 Å². The van der Waals surface area contributed by atoms with Crippen molar-refractivity contribution in [1.29, 1.82) is 0 Å². The van der Waals surface area contributed by atoms with E-state index in [2.05, 4.69) is 16.4 Å². The molecule has 0 unspecified atom stereocenters. The molecule has 1 aliphatic carbocycles. The van der Waals surface area contributed by atoms with Crippen LogP contribution in [0.4, 0.5) is 0 Å². The summed E-state index contributed by atoms with van der Waals surface area (Å²) in [4.78, 5) is 4.45. The fraction of sp³-hybridized carbons (Fsp3) is 0.643. The summed E-state index contributed by atoms with van der Waals surface area (Å²) in [5, 5.41) is 3.49. The molecule has 0 aliphatic heterocycles. The van der Waals surface area contributed by atoms with E-state index in [1.807, 2.05) is 19.9 Å². The number of nitrogens with one attached hydrogen (secondary N) is 1. The Morgan fingerprint density at radius 1 is 1.33 bits per heavy atom. The lowest BCUT2D eigenvalue weighted by Gasteiger charge is -2.09. The lowest BCUT2D eigenvalue weighted by molar-refractivity contribution is 0.108. The number of ether oxygens (including phenoxy) is 2. The van der Waals surface area contributed by atoms with Gasteiger partial charge in [0.1, 0.15) is 6.61 Å². The molecular weight excluding hydrogens is 228 g/mol. The van der Waals surface area contributed by atoms with Crippen molar-refractivity contribution in [2.45, 2.75) is 39.3 Å². The summed E-state index contributed by atoms with van der Waals surface area (Å²) >= 11 is 0. The van der Waals surface area contributed by atoms with Crippen molar-refractivity contribution in [3.63, 3.8) is 0 Å². The maximum absolute atomic E-state index is 5.53. The number of hydrogen-bond acceptors (Lipinski definition) is 4. The first-order valence-electron chi connectivity index (χ1n) is 6.70. The molecule has 1 fully saturated rings. The summed E-state index contributed by atoms with van der Waals surface area (Å²) in [6.45, 7) is 6.80. The van der Waals surface area contributed by atoms with E-state index in [1.165, 1.54) is 18.4 Å². The molecule has 0 aromatic carbocycles. The highest BCUT2D eigenvalue weighted by Crippen LogP contribution is 2.20. The normalized spacial score (nSPS) is 14.8. The van der Waals surface area contributed by atoms with Crippen LogP contribution in [-0.2, 0) is 11.3 Å². The van der Waals surface area contributed by atoms with Crippen LogP contribution in [0.5, 0.6) is 5.88 Å². The smallest absolute Gasteiger partial charge is 0.213 e. The van der Waals surface area contributed by atoms with E-state index in [-0.39, 0.29) is 0 Å². The van der Waals surface area contributed by atoms with Gasteiger partial charge in [0.25, 0.3) is 0 Å². The third-order valence-corrected chi connectivity index (χ3v) is 3.01. The molecule has 1 aliphatic rings. The first kappa shape index (κ1) is 13.3. The molecule has 0 bridgehead atoms. The highest BCUT2D eigenvalue weighted by atomic mass is 16.5. The van der Waals surface area contributed by atoms with Crippen molar-refractivity contribution in [2.75, 3.05) is 19.8 Å². The van der Waals surface area contributed by atoms with Gasteiger partial charge >= 0.3 is 0 Å². The molecule has 0 saturated heterocycles. The second-order valence-corrected chi connectivity index (χ2v) is 4.59. The van der Waals surface area contributed by atoms with Crippen molar-refractivity contribution >= 4 is 0 Å². The molecule has 1 heterocycles. The Bertz CT molecular complexity index is 378. The van der Waals surface area contributed by atoms with Crippen molar-refractivity contribution in [1.82, 2.24) is 10.3 Å². The summed E-state index contributed by atoms with van der Waals surface area (Å²) in [5.74, 6) is 0.683.